The summed E-state index contributed by atoms with van der Waals surface area (Å²) >= 11 is 0. The van der Waals surface area contributed by atoms with Crippen molar-refractivity contribution < 1.29 is 17.9 Å². The minimum atomic E-state index is -3.39. The molecule has 1 saturated heterocycles. The predicted molar refractivity (Wildman–Crippen MR) is 76.8 cm³/mol. The number of rotatable bonds is 5. The zero-order chi connectivity index (χ0) is 15.4. The van der Waals surface area contributed by atoms with Crippen LogP contribution in [-0.4, -0.2) is 56.4 Å². The van der Waals surface area contributed by atoms with E-state index in [1.165, 1.54) is 0 Å². The van der Waals surface area contributed by atoms with E-state index in [-0.39, 0.29) is 17.9 Å². The van der Waals surface area contributed by atoms with Crippen molar-refractivity contribution in [1.29, 1.82) is 0 Å². The van der Waals surface area contributed by atoms with Gasteiger partial charge in [-0.2, -0.15) is 0 Å². The molecule has 0 aromatic rings. The monoisotopic (exact) mass is 307 g/mol. The fourth-order valence-electron chi connectivity index (χ4n) is 2.00. The summed E-state index contributed by atoms with van der Waals surface area (Å²) in [5.41, 5.74) is -0.488. The SMILES string of the molecule is CC(C)(C)OC(=O)N1CCC(NCCCS(N)(=O)=O)C1. The molecule has 118 valence electrons. The lowest BCUT2D eigenvalue weighted by Crippen LogP contribution is -2.38. The minimum Gasteiger partial charge on any atom is -0.444 e. The smallest absolute Gasteiger partial charge is 0.410 e. The quantitative estimate of drug-likeness (QED) is 0.710. The molecule has 1 unspecified atom stereocenters. The second kappa shape index (κ2) is 6.73. The lowest BCUT2D eigenvalue weighted by Gasteiger charge is -2.24. The number of sulfonamides is 1. The maximum atomic E-state index is 11.8. The molecule has 0 bridgehead atoms. The Hall–Kier alpha value is -0.860. The topological polar surface area (TPSA) is 102 Å². The molecule has 1 atom stereocenters. The molecule has 8 heteroatoms. The van der Waals surface area contributed by atoms with Crippen LogP contribution in [0.15, 0.2) is 0 Å². The Labute approximate surface area is 120 Å². The number of ether oxygens (including phenoxy) is 1. The Bertz CT molecular complexity index is 430. The summed E-state index contributed by atoms with van der Waals surface area (Å²) in [5.74, 6) is -0.0253. The molecule has 1 aliphatic rings. The molecule has 3 N–H and O–H groups in total. The van der Waals surface area contributed by atoms with Gasteiger partial charge in [-0.05, 0) is 40.2 Å². The fraction of sp³-hybridized carbons (Fsp3) is 0.917. The number of carbonyl (C=O) groups excluding carboxylic acids is 1. The van der Waals surface area contributed by atoms with Crippen LogP contribution in [0.25, 0.3) is 0 Å². The number of hydrogen-bond donors (Lipinski definition) is 2. The molecule has 1 rings (SSSR count). The predicted octanol–water partition coefficient (Wildman–Crippen LogP) is 0.264. The van der Waals surface area contributed by atoms with Crippen LogP contribution < -0.4 is 10.5 Å². The molecule has 1 fully saturated rings. The maximum absolute atomic E-state index is 11.8. The van der Waals surface area contributed by atoms with Crippen LogP contribution in [-0.2, 0) is 14.8 Å². The second-order valence-electron chi connectivity index (χ2n) is 6.09. The molecule has 0 spiro atoms. The fourth-order valence-corrected chi connectivity index (χ4v) is 2.55. The number of amides is 1. The van der Waals surface area contributed by atoms with E-state index in [2.05, 4.69) is 5.32 Å². The molecular formula is C12H25N3O4S. The van der Waals surface area contributed by atoms with Crippen LogP contribution in [0.4, 0.5) is 4.79 Å². The third kappa shape index (κ3) is 7.06. The average molecular weight is 307 g/mol. The van der Waals surface area contributed by atoms with Crippen molar-refractivity contribution in [3.8, 4) is 0 Å². The van der Waals surface area contributed by atoms with E-state index in [0.717, 1.165) is 6.42 Å². The summed E-state index contributed by atoms with van der Waals surface area (Å²) < 4.78 is 26.9. The maximum Gasteiger partial charge on any atom is 0.410 e. The zero-order valence-corrected chi connectivity index (χ0v) is 13.2. The van der Waals surface area contributed by atoms with E-state index >= 15 is 0 Å². The van der Waals surface area contributed by atoms with E-state index in [4.69, 9.17) is 9.88 Å². The first-order valence-corrected chi connectivity index (χ1v) is 8.50. The van der Waals surface area contributed by atoms with E-state index in [1.807, 2.05) is 20.8 Å². The first-order valence-electron chi connectivity index (χ1n) is 6.78. The minimum absolute atomic E-state index is 0.0253. The van der Waals surface area contributed by atoms with Gasteiger partial charge in [-0.25, -0.2) is 18.4 Å². The van der Waals surface area contributed by atoms with Gasteiger partial charge in [0, 0.05) is 19.1 Å². The summed E-state index contributed by atoms with van der Waals surface area (Å²) in [6.07, 6.45) is 1.02. The molecule has 1 heterocycles. The largest absolute Gasteiger partial charge is 0.444 e. The van der Waals surface area contributed by atoms with Gasteiger partial charge >= 0.3 is 6.09 Å². The third-order valence-corrected chi connectivity index (χ3v) is 3.74. The second-order valence-corrected chi connectivity index (χ2v) is 7.82. The summed E-state index contributed by atoms with van der Waals surface area (Å²) in [7, 11) is -3.39. The van der Waals surface area contributed by atoms with E-state index in [0.29, 0.717) is 26.1 Å². The van der Waals surface area contributed by atoms with E-state index < -0.39 is 15.6 Å². The van der Waals surface area contributed by atoms with Gasteiger partial charge in [0.2, 0.25) is 10.0 Å². The van der Waals surface area contributed by atoms with Crippen molar-refractivity contribution in [1.82, 2.24) is 10.2 Å². The van der Waals surface area contributed by atoms with Crippen LogP contribution in [0.2, 0.25) is 0 Å². The Morgan fingerprint density at radius 2 is 2.10 bits per heavy atom. The molecule has 20 heavy (non-hydrogen) atoms. The molecule has 0 saturated carbocycles. The Morgan fingerprint density at radius 3 is 2.65 bits per heavy atom. The number of primary sulfonamides is 1. The summed E-state index contributed by atoms with van der Waals surface area (Å²) in [6, 6.07) is 0.183. The van der Waals surface area contributed by atoms with Gasteiger partial charge < -0.3 is 15.0 Å². The highest BCUT2D eigenvalue weighted by Gasteiger charge is 2.29. The first-order chi connectivity index (χ1) is 9.07. The van der Waals surface area contributed by atoms with Crippen LogP contribution in [0, 0.1) is 0 Å². The van der Waals surface area contributed by atoms with Crippen molar-refractivity contribution in [2.75, 3.05) is 25.4 Å². The number of likely N-dealkylation sites (tertiary alicyclic amines) is 1. The average Bonchev–Trinajstić information content (AvgIpc) is 2.69. The molecule has 7 nitrogen and oxygen atoms in total. The normalized spacial score (nSPS) is 20.2. The van der Waals surface area contributed by atoms with Gasteiger partial charge in [0.15, 0.2) is 0 Å². The van der Waals surface area contributed by atoms with Gasteiger partial charge in [0.05, 0.1) is 5.75 Å². The summed E-state index contributed by atoms with van der Waals surface area (Å²) in [6.45, 7) is 7.33. The molecule has 0 radical (unpaired) electrons. The highest BCUT2D eigenvalue weighted by molar-refractivity contribution is 7.89. The van der Waals surface area contributed by atoms with Crippen LogP contribution in [0.5, 0.6) is 0 Å². The number of nitrogens with zero attached hydrogens (tertiary/aromatic N) is 1. The Kier molecular flexibility index (Phi) is 5.79. The molecule has 0 aromatic carbocycles. The zero-order valence-electron chi connectivity index (χ0n) is 12.4. The number of hydrogen-bond acceptors (Lipinski definition) is 5. The Balaban J connectivity index is 2.25. The Morgan fingerprint density at radius 1 is 1.45 bits per heavy atom. The van der Waals surface area contributed by atoms with Crippen molar-refractivity contribution >= 4 is 16.1 Å². The molecule has 1 amide bonds. The summed E-state index contributed by atoms with van der Waals surface area (Å²) in [4.78, 5) is 13.5. The number of carbonyl (C=O) groups is 1. The molecule has 1 aliphatic heterocycles. The van der Waals surface area contributed by atoms with Gasteiger partial charge in [-0.1, -0.05) is 0 Å². The van der Waals surface area contributed by atoms with E-state index in [1.54, 1.807) is 4.90 Å². The highest BCUT2D eigenvalue weighted by Crippen LogP contribution is 2.15. The standard InChI is InChI=1S/C12H25N3O4S/c1-12(2,3)19-11(16)15-7-5-10(9-15)14-6-4-8-20(13,17)18/h10,14H,4-9H2,1-3H3,(H2,13,17,18). The van der Waals surface area contributed by atoms with Crippen molar-refractivity contribution in [3.63, 3.8) is 0 Å². The lowest BCUT2D eigenvalue weighted by atomic mass is 10.2. The third-order valence-electron chi connectivity index (χ3n) is 2.88. The van der Waals surface area contributed by atoms with E-state index in [9.17, 15) is 13.2 Å². The first kappa shape index (κ1) is 17.2. The molecule has 0 aromatic heterocycles. The highest BCUT2D eigenvalue weighted by atomic mass is 32.2. The lowest BCUT2D eigenvalue weighted by molar-refractivity contribution is 0.0291. The number of nitrogens with two attached hydrogens (primary N) is 1. The van der Waals surface area contributed by atoms with Gasteiger partial charge in [0.25, 0.3) is 0 Å². The van der Waals surface area contributed by atoms with Crippen LogP contribution >= 0.6 is 0 Å². The van der Waals surface area contributed by atoms with Gasteiger partial charge in [-0.3, -0.25) is 0 Å². The molecule has 0 aliphatic carbocycles. The van der Waals surface area contributed by atoms with Crippen LogP contribution in [0.3, 0.4) is 0 Å². The van der Waals surface area contributed by atoms with Crippen LogP contribution in [0.1, 0.15) is 33.6 Å². The van der Waals surface area contributed by atoms with Gasteiger partial charge in [-0.15, -0.1) is 0 Å². The van der Waals surface area contributed by atoms with Crippen molar-refractivity contribution in [3.05, 3.63) is 0 Å². The molecular weight excluding hydrogens is 282 g/mol. The van der Waals surface area contributed by atoms with Crippen molar-refractivity contribution in [2.24, 2.45) is 5.14 Å². The van der Waals surface area contributed by atoms with Gasteiger partial charge in [0.1, 0.15) is 5.60 Å². The number of nitrogens with one attached hydrogen (secondary N) is 1. The van der Waals surface area contributed by atoms with Crippen molar-refractivity contribution in [2.45, 2.75) is 45.3 Å². The summed E-state index contributed by atoms with van der Waals surface area (Å²) in [5, 5.41) is 8.16.